The van der Waals surface area contributed by atoms with Crippen molar-refractivity contribution < 1.29 is 9.32 Å². The van der Waals surface area contributed by atoms with Crippen molar-refractivity contribution in [1.29, 1.82) is 0 Å². The van der Waals surface area contributed by atoms with E-state index < -0.39 is 0 Å². The van der Waals surface area contributed by atoms with E-state index in [1.54, 1.807) is 0 Å². The summed E-state index contributed by atoms with van der Waals surface area (Å²) in [6.45, 7) is 0.763. The van der Waals surface area contributed by atoms with Crippen LogP contribution in [-0.4, -0.2) is 17.6 Å². The largest absolute Gasteiger partial charge is 0.356 e. The number of nitrogens with zero attached hydrogens (tertiary/aromatic N) is 2. The Kier molecular flexibility index (Phi) is 3.87. The number of carbonyl (C=O) groups is 1. The first kappa shape index (κ1) is 14.7. The molecule has 2 aromatic carbocycles. The molecule has 4 rings (SSSR count). The molecule has 0 fully saturated rings. The number of amides is 1. The molecule has 0 saturated heterocycles. The SMILES string of the molecule is O=C(Cc1cc(-c2ccccc2)on1)N1CCCc2ccccc21. The van der Waals surface area contributed by atoms with E-state index in [1.165, 1.54) is 5.56 Å². The molecule has 1 aliphatic heterocycles. The van der Waals surface area contributed by atoms with Crippen molar-refractivity contribution in [3.63, 3.8) is 0 Å². The van der Waals surface area contributed by atoms with Gasteiger partial charge in [-0.05, 0) is 24.5 Å². The van der Waals surface area contributed by atoms with Gasteiger partial charge in [0.1, 0.15) is 0 Å². The standard InChI is InChI=1S/C20H18N2O2/c23-20(22-12-6-10-15-7-4-5-11-18(15)22)14-17-13-19(24-21-17)16-8-2-1-3-9-16/h1-5,7-9,11,13H,6,10,12,14H2. The summed E-state index contributed by atoms with van der Waals surface area (Å²) in [6.07, 6.45) is 2.28. The third kappa shape index (κ3) is 2.83. The molecule has 3 aromatic rings. The van der Waals surface area contributed by atoms with Gasteiger partial charge >= 0.3 is 0 Å². The fourth-order valence-electron chi connectivity index (χ4n) is 3.18. The summed E-state index contributed by atoms with van der Waals surface area (Å²) < 4.78 is 5.39. The minimum atomic E-state index is 0.0649. The van der Waals surface area contributed by atoms with Crippen LogP contribution in [0.5, 0.6) is 0 Å². The molecule has 0 unspecified atom stereocenters. The number of aromatic nitrogens is 1. The van der Waals surface area contributed by atoms with Crippen LogP contribution in [0.4, 0.5) is 5.69 Å². The predicted octanol–water partition coefficient (Wildman–Crippen LogP) is 3.86. The Labute approximate surface area is 140 Å². The molecule has 0 N–H and O–H groups in total. The fraction of sp³-hybridized carbons (Fsp3) is 0.200. The quantitative estimate of drug-likeness (QED) is 0.736. The van der Waals surface area contributed by atoms with Crippen LogP contribution in [-0.2, 0) is 17.6 Å². The van der Waals surface area contributed by atoms with Gasteiger partial charge in [0.25, 0.3) is 0 Å². The molecule has 0 bridgehead atoms. The van der Waals surface area contributed by atoms with E-state index in [9.17, 15) is 4.79 Å². The summed E-state index contributed by atoms with van der Waals surface area (Å²) in [5.74, 6) is 0.757. The highest BCUT2D eigenvalue weighted by Crippen LogP contribution is 2.27. The average molecular weight is 318 g/mol. The van der Waals surface area contributed by atoms with E-state index in [0.29, 0.717) is 11.5 Å². The van der Waals surface area contributed by atoms with Gasteiger partial charge in [0.05, 0.1) is 12.1 Å². The molecule has 1 aromatic heterocycles. The summed E-state index contributed by atoms with van der Waals surface area (Å²) in [5, 5.41) is 4.06. The Bertz CT molecular complexity index is 855. The molecule has 120 valence electrons. The lowest BCUT2D eigenvalue weighted by Crippen LogP contribution is -2.36. The van der Waals surface area contributed by atoms with Gasteiger partial charge in [-0.3, -0.25) is 4.79 Å². The number of fused-ring (bicyclic) bond motifs is 1. The number of hydrogen-bond acceptors (Lipinski definition) is 3. The summed E-state index contributed by atoms with van der Waals surface area (Å²) in [6, 6.07) is 19.8. The van der Waals surface area contributed by atoms with Gasteiger partial charge < -0.3 is 9.42 Å². The number of hydrogen-bond donors (Lipinski definition) is 0. The maximum Gasteiger partial charge on any atom is 0.233 e. The normalized spacial score (nSPS) is 13.6. The molecule has 1 aliphatic rings. The van der Waals surface area contributed by atoms with Crippen molar-refractivity contribution in [1.82, 2.24) is 5.16 Å². The molecular formula is C20H18N2O2. The monoisotopic (exact) mass is 318 g/mol. The first-order valence-electron chi connectivity index (χ1n) is 8.20. The molecule has 0 atom stereocenters. The van der Waals surface area contributed by atoms with Crippen LogP contribution in [0.1, 0.15) is 17.7 Å². The number of para-hydroxylation sites is 1. The lowest BCUT2D eigenvalue weighted by molar-refractivity contribution is -0.118. The maximum absolute atomic E-state index is 12.7. The number of aryl methyl sites for hydroxylation is 1. The van der Waals surface area contributed by atoms with Crippen LogP contribution in [0.2, 0.25) is 0 Å². The van der Waals surface area contributed by atoms with Gasteiger partial charge in [0, 0.05) is 23.9 Å². The van der Waals surface area contributed by atoms with Crippen LogP contribution in [0, 0.1) is 0 Å². The van der Waals surface area contributed by atoms with Crippen LogP contribution in [0.25, 0.3) is 11.3 Å². The van der Waals surface area contributed by atoms with Crippen molar-refractivity contribution in [2.45, 2.75) is 19.3 Å². The fourth-order valence-corrected chi connectivity index (χ4v) is 3.18. The second kappa shape index (κ2) is 6.32. The van der Waals surface area contributed by atoms with Gasteiger partial charge in [-0.1, -0.05) is 53.7 Å². The third-order valence-electron chi connectivity index (χ3n) is 4.36. The Morgan fingerprint density at radius 3 is 2.75 bits per heavy atom. The van der Waals surface area contributed by atoms with E-state index in [4.69, 9.17) is 4.52 Å². The minimum absolute atomic E-state index is 0.0649. The van der Waals surface area contributed by atoms with Gasteiger partial charge in [-0.2, -0.15) is 0 Å². The highest BCUT2D eigenvalue weighted by atomic mass is 16.5. The second-order valence-electron chi connectivity index (χ2n) is 6.00. The molecule has 0 aliphatic carbocycles. The molecule has 24 heavy (non-hydrogen) atoms. The Hall–Kier alpha value is -2.88. The zero-order valence-corrected chi connectivity index (χ0v) is 13.3. The van der Waals surface area contributed by atoms with Crippen molar-refractivity contribution in [3.05, 3.63) is 71.9 Å². The highest BCUT2D eigenvalue weighted by Gasteiger charge is 2.23. The summed E-state index contributed by atoms with van der Waals surface area (Å²) in [5.41, 5.74) is 3.90. The van der Waals surface area contributed by atoms with Crippen LogP contribution in [0.3, 0.4) is 0 Å². The Morgan fingerprint density at radius 2 is 1.88 bits per heavy atom. The van der Waals surface area contributed by atoms with E-state index in [0.717, 1.165) is 30.6 Å². The average Bonchev–Trinajstić information content (AvgIpc) is 3.10. The topological polar surface area (TPSA) is 46.3 Å². The zero-order chi connectivity index (χ0) is 16.4. The molecule has 1 amide bonds. The third-order valence-corrected chi connectivity index (χ3v) is 4.36. The van der Waals surface area contributed by atoms with Crippen molar-refractivity contribution in [3.8, 4) is 11.3 Å². The van der Waals surface area contributed by atoms with Crippen LogP contribution in [0.15, 0.2) is 65.2 Å². The molecule has 0 saturated carbocycles. The first-order chi connectivity index (χ1) is 11.8. The van der Waals surface area contributed by atoms with Gasteiger partial charge in [0.15, 0.2) is 5.76 Å². The van der Waals surface area contributed by atoms with E-state index in [1.807, 2.05) is 59.5 Å². The highest BCUT2D eigenvalue weighted by molar-refractivity contribution is 5.95. The summed E-state index contributed by atoms with van der Waals surface area (Å²) >= 11 is 0. The lowest BCUT2D eigenvalue weighted by atomic mass is 10.0. The van der Waals surface area contributed by atoms with Crippen molar-refractivity contribution >= 4 is 11.6 Å². The van der Waals surface area contributed by atoms with Crippen LogP contribution >= 0.6 is 0 Å². The van der Waals surface area contributed by atoms with Gasteiger partial charge in [-0.15, -0.1) is 0 Å². The smallest absolute Gasteiger partial charge is 0.233 e. The molecule has 0 radical (unpaired) electrons. The number of anilines is 1. The zero-order valence-electron chi connectivity index (χ0n) is 13.3. The Balaban J connectivity index is 1.53. The van der Waals surface area contributed by atoms with Gasteiger partial charge in [0.2, 0.25) is 5.91 Å². The number of benzene rings is 2. The van der Waals surface area contributed by atoms with Crippen LogP contribution < -0.4 is 4.90 Å². The molecular weight excluding hydrogens is 300 g/mol. The second-order valence-corrected chi connectivity index (χ2v) is 6.00. The van der Waals surface area contributed by atoms with E-state index in [2.05, 4.69) is 11.2 Å². The molecule has 4 heteroatoms. The molecule has 0 spiro atoms. The molecule has 4 nitrogen and oxygen atoms in total. The Morgan fingerprint density at radius 1 is 1.08 bits per heavy atom. The predicted molar refractivity (Wildman–Crippen MR) is 92.8 cm³/mol. The first-order valence-corrected chi connectivity index (χ1v) is 8.20. The maximum atomic E-state index is 12.7. The number of carbonyl (C=O) groups excluding carboxylic acids is 1. The van der Waals surface area contributed by atoms with Crippen molar-refractivity contribution in [2.24, 2.45) is 0 Å². The van der Waals surface area contributed by atoms with E-state index in [-0.39, 0.29) is 12.3 Å². The molecule has 2 heterocycles. The number of rotatable bonds is 3. The summed E-state index contributed by atoms with van der Waals surface area (Å²) in [4.78, 5) is 14.6. The van der Waals surface area contributed by atoms with Gasteiger partial charge in [-0.25, -0.2) is 0 Å². The van der Waals surface area contributed by atoms with Crippen molar-refractivity contribution in [2.75, 3.05) is 11.4 Å². The lowest BCUT2D eigenvalue weighted by Gasteiger charge is -2.29. The minimum Gasteiger partial charge on any atom is -0.356 e. The van der Waals surface area contributed by atoms with E-state index >= 15 is 0 Å². The summed E-state index contributed by atoms with van der Waals surface area (Å²) in [7, 11) is 0.